The summed E-state index contributed by atoms with van der Waals surface area (Å²) in [7, 11) is 1.76. The van der Waals surface area contributed by atoms with E-state index in [1.165, 1.54) is 29.5 Å². The summed E-state index contributed by atoms with van der Waals surface area (Å²) in [6.07, 6.45) is 4.43. The SMILES string of the molecule is CN(C(=O)COC(=O)Cc1coc2cc(O)ccc12)[C@H]1CCCc2ccccc21. The van der Waals surface area contributed by atoms with E-state index in [2.05, 4.69) is 12.1 Å². The Balaban J connectivity index is 1.36. The van der Waals surface area contributed by atoms with Crippen molar-refractivity contribution >= 4 is 22.8 Å². The van der Waals surface area contributed by atoms with E-state index in [0.29, 0.717) is 11.1 Å². The van der Waals surface area contributed by atoms with Crippen LogP contribution in [0.2, 0.25) is 0 Å². The quantitative estimate of drug-likeness (QED) is 0.668. The molecule has 0 spiro atoms. The van der Waals surface area contributed by atoms with Crippen LogP contribution in [0, 0.1) is 0 Å². The van der Waals surface area contributed by atoms with Crippen molar-refractivity contribution in [2.24, 2.45) is 0 Å². The van der Waals surface area contributed by atoms with Crippen LogP contribution >= 0.6 is 0 Å². The minimum atomic E-state index is -0.494. The number of likely N-dealkylation sites (N-methyl/N-ethyl adjacent to an activating group) is 1. The zero-order valence-electron chi connectivity index (χ0n) is 16.3. The molecule has 1 N–H and O–H groups in total. The fourth-order valence-corrected chi connectivity index (χ4v) is 3.96. The highest BCUT2D eigenvalue weighted by atomic mass is 16.5. The normalized spacial score (nSPS) is 15.7. The van der Waals surface area contributed by atoms with Gasteiger partial charge in [0.25, 0.3) is 5.91 Å². The summed E-state index contributed by atoms with van der Waals surface area (Å²) >= 11 is 0. The zero-order valence-corrected chi connectivity index (χ0v) is 16.3. The number of ether oxygens (including phenoxy) is 1. The topological polar surface area (TPSA) is 80.0 Å². The van der Waals surface area contributed by atoms with Crippen molar-refractivity contribution in [2.45, 2.75) is 31.7 Å². The first-order valence-electron chi connectivity index (χ1n) is 9.71. The molecule has 0 saturated carbocycles. The number of carbonyl (C=O) groups excluding carboxylic acids is 2. The molecular weight excluding hydrogens is 370 g/mol. The van der Waals surface area contributed by atoms with E-state index in [4.69, 9.17) is 9.15 Å². The smallest absolute Gasteiger partial charge is 0.310 e. The van der Waals surface area contributed by atoms with Crippen molar-refractivity contribution < 1.29 is 23.8 Å². The van der Waals surface area contributed by atoms with E-state index in [1.807, 2.05) is 12.1 Å². The fourth-order valence-electron chi connectivity index (χ4n) is 3.96. The van der Waals surface area contributed by atoms with Gasteiger partial charge in [-0.05, 0) is 42.5 Å². The number of esters is 1. The molecule has 2 aromatic carbocycles. The van der Waals surface area contributed by atoms with Gasteiger partial charge in [-0.3, -0.25) is 9.59 Å². The van der Waals surface area contributed by atoms with E-state index in [9.17, 15) is 14.7 Å². The number of benzene rings is 2. The average Bonchev–Trinajstić information content (AvgIpc) is 3.12. The molecule has 1 aromatic heterocycles. The lowest BCUT2D eigenvalue weighted by Gasteiger charge is -2.33. The molecule has 0 radical (unpaired) electrons. The van der Waals surface area contributed by atoms with Crippen molar-refractivity contribution in [3.05, 3.63) is 65.4 Å². The van der Waals surface area contributed by atoms with Gasteiger partial charge >= 0.3 is 5.97 Å². The van der Waals surface area contributed by atoms with Gasteiger partial charge in [-0.15, -0.1) is 0 Å². The van der Waals surface area contributed by atoms with Crippen molar-refractivity contribution in [3.8, 4) is 5.75 Å². The second-order valence-corrected chi connectivity index (χ2v) is 7.39. The number of carbonyl (C=O) groups is 2. The molecule has 0 bridgehead atoms. The molecule has 1 atom stereocenters. The van der Waals surface area contributed by atoms with Crippen molar-refractivity contribution in [1.29, 1.82) is 0 Å². The van der Waals surface area contributed by atoms with Gasteiger partial charge in [-0.2, -0.15) is 0 Å². The van der Waals surface area contributed by atoms with Crippen molar-refractivity contribution in [2.75, 3.05) is 13.7 Å². The van der Waals surface area contributed by atoms with Gasteiger partial charge in [0, 0.05) is 24.1 Å². The molecule has 1 amide bonds. The standard InChI is InChI=1S/C23H23NO5/c1-24(20-8-4-6-15-5-2-3-7-18(15)20)22(26)14-29-23(27)11-16-13-28-21-12-17(25)9-10-19(16)21/h2-3,5,7,9-10,12-13,20,25H,4,6,8,11,14H2,1H3/t20-/m0/s1. The van der Waals surface area contributed by atoms with Crippen molar-refractivity contribution in [1.82, 2.24) is 4.90 Å². The number of phenols is 1. The number of fused-ring (bicyclic) bond motifs is 2. The Hall–Kier alpha value is -3.28. The van der Waals surface area contributed by atoms with Gasteiger partial charge in [-0.1, -0.05) is 24.3 Å². The molecule has 3 aromatic rings. The molecule has 1 heterocycles. The summed E-state index contributed by atoms with van der Waals surface area (Å²) in [6, 6.07) is 12.9. The number of phenolic OH excluding ortho intramolecular Hbond substituents is 1. The summed E-state index contributed by atoms with van der Waals surface area (Å²) in [4.78, 5) is 26.5. The molecule has 1 aliphatic rings. The van der Waals surface area contributed by atoms with E-state index in [0.717, 1.165) is 24.6 Å². The van der Waals surface area contributed by atoms with Crippen LogP contribution in [0.5, 0.6) is 5.75 Å². The second-order valence-electron chi connectivity index (χ2n) is 7.39. The van der Waals surface area contributed by atoms with Crippen LogP contribution in [0.3, 0.4) is 0 Å². The Morgan fingerprint density at radius 3 is 2.93 bits per heavy atom. The second kappa shape index (κ2) is 7.99. The first kappa shape index (κ1) is 19.1. The summed E-state index contributed by atoms with van der Waals surface area (Å²) in [5.74, 6) is -0.618. The minimum Gasteiger partial charge on any atom is -0.508 e. The third kappa shape index (κ3) is 3.97. The molecule has 150 valence electrons. The van der Waals surface area contributed by atoms with E-state index < -0.39 is 5.97 Å². The number of rotatable bonds is 5. The summed E-state index contributed by atoms with van der Waals surface area (Å²) < 4.78 is 10.6. The maximum absolute atomic E-state index is 12.6. The van der Waals surface area contributed by atoms with E-state index >= 15 is 0 Å². The van der Waals surface area contributed by atoms with E-state index in [1.54, 1.807) is 18.0 Å². The van der Waals surface area contributed by atoms with Crippen molar-refractivity contribution in [3.63, 3.8) is 0 Å². The van der Waals surface area contributed by atoms with Gasteiger partial charge in [0.2, 0.25) is 0 Å². The molecule has 0 fully saturated rings. The van der Waals surface area contributed by atoms with Gasteiger partial charge in [-0.25, -0.2) is 0 Å². The number of nitrogens with zero attached hydrogens (tertiary/aromatic N) is 1. The summed E-state index contributed by atoms with van der Waals surface area (Å²) in [5, 5.41) is 10.2. The van der Waals surface area contributed by atoms with Gasteiger partial charge in [0.15, 0.2) is 6.61 Å². The monoisotopic (exact) mass is 393 g/mol. The molecule has 6 nitrogen and oxygen atoms in total. The zero-order chi connectivity index (χ0) is 20.4. The molecular formula is C23H23NO5. The number of furan rings is 1. The number of aryl methyl sites for hydroxylation is 1. The number of amides is 1. The largest absolute Gasteiger partial charge is 0.508 e. The van der Waals surface area contributed by atoms with Crippen LogP contribution < -0.4 is 0 Å². The van der Waals surface area contributed by atoms with Gasteiger partial charge in [0.05, 0.1) is 18.7 Å². The van der Waals surface area contributed by atoms with Crippen LogP contribution in [-0.4, -0.2) is 35.5 Å². The average molecular weight is 393 g/mol. The first-order chi connectivity index (χ1) is 14.0. The Morgan fingerprint density at radius 2 is 2.07 bits per heavy atom. The molecule has 0 unspecified atom stereocenters. The Morgan fingerprint density at radius 1 is 1.24 bits per heavy atom. The van der Waals surface area contributed by atoms with Gasteiger partial charge in [0.1, 0.15) is 11.3 Å². The lowest BCUT2D eigenvalue weighted by molar-refractivity contribution is -0.152. The Labute approximate surface area is 168 Å². The lowest BCUT2D eigenvalue weighted by atomic mass is 9.87. The minimum absolute atomic E-state index is 0.00102. The highest BCUT2D eigenvalue weighted by Crippen LogP contribution is 2.33. The van der Waals surface area contributed by atoms with Crippen LogP contribution in [-0.2, 0) is 27.2 Å². The van der Waals surface area contributed by atoms with Crippen LogP contribution in [0.1, 0.15) is 35.6 Å². The lowest BCUT2D eigenvalue weighted by Crippen LogP contribution is -2.36. The highest BCUT2D eigenvalue weighted by molar-refractivity contribution is 5.87. The van der Waals surface area contributed by atoms with Crippen LogP contribution in [0.4, 0.5) is 0 Å². The third-order valence-electron chi connectivity index (χ3n) is 5.53. The molecule has 29 heavy (non-hydrogen) atoms. The molecule has 0 aliphatic heterocycles. The summed E-state index contributed by atoms with van der Waals surface area (Å²) in [5.41, 5.74) is 3.61. The van der Waals surface area contributed by atoms with Gasteiger partial charge < -0.3 is 19.2 Å². The number of hydrogen-bond acceptors (Lipinski definition) is 5. The summed E-state index contributed by atoms with van der Waals surface area (Å²) in [6.45, 7) is -0.287. The fraction of sp³-hybridized carbons (Fsp3) is 0.304. The number of aromatic hydroxyl groups is 1. The maximum atomic E-state index is 12.6. The first-order valence-corrected chi connectivity index (χ1v) is 9.71. The van der Waals surface area contributed by atoms with Crippen LogP contribution in [0.15, 0.2) is 53.1 Å². The molecule has 4 rings (SSSR count). The Bertz CT molecular complexity index is 1050. The predicted molar refractivity (Wildman–Crippen MR) is 107 cm³/mol. The highest BCUT2D eigenvalue weighted by Gasteiger charge is 2.27. The predicted octanol–water partition coefficient (Wildman–Crippen LogP) is 3.76. The van der Waals surface area contributed by atoms with E-state index in [-0.39, 0.29) is 30.7 Å². The molecule has 1 aliphatic carbocycles. The molecule has 6 heteroatoms. The Kier molecular flexibility index (Phi) is 5.25. The third-order valence-corrected chi connectivity index (χ3v) is 5.53. The van der Waals surface area contributed by atoms with Crippen LogP contribution in [0.25, 0.3) is 11.0 Å². The maximum Gasteiger partial charge on any atom is 0.310 e. The number of hydrogen-bond donors (Lipinski definition) is 1. The molecule has 0 saturated heterocycles.